The number of nitro groups is 1. The fourth-order valence-electron chi connectivity index (χ4n) is 3.35. The van der Waals surface area contributed by atoms with Crippen molar-refractivity contribution < 1.29 is 27.6 Å². The molecule has 1 fully saturated rings. The number of hydrogen-bond acceptors (Lipinski definition) is 7. The first kappa shape index (κ1) is 22.7. The number of nitrogens with zero attached hydrogens (tertiary/aromatic N) is 2. The summed E-state index contributed by atoms with van der Waals surface area (Å²) < 4.78 is 37.9. The molecule has 2 atom stereocenters. The van der Waals surface area contributed by atoms with Crippen LogP contribution >= 0.6 is 0 Å². The van der Waals surface area contributed by atoms with E-state index in [9.17, 15) is 23.3 Å². The largest absolute Gasteiger partial charge is 0.494 e. The first-order chi connectivity index (χ1) is 14.6. The molecule has 0 radical (unpaired) electrons. The molecule has 0 bridgehead atoms. The standard InChI is InChI=1S/C20H23N3O7S/c1-13-11-22(12-14(2)30-13)31(27,28)17-7-4-15(5-8-17)20(24)21-18-9-6-16(23(25)26)10-19(18)29-3/h4-10,13-14H,11-12H2,1-3H3,(H,21,24)/t13-,14-/m1/s1. The van der Waals surface area contributed by atoms with Crippen molar-refractivity contribution in [1.29, 1.82) is 0 Å². The van der Waals surface area contributed by atoms with Gasteiger partial charge in [-0.3, -0.25) is 14.9 Å². The lowest BCUT2D eigenvalue weighted by molar-refractivity contribution is -0.384. The van der Waals surface area contributed by atoms with E-state index in [-0.39, 0.29) is 52.9 Å². The van der Waals surface area contributed by atoms with Crippen LogP contribution in [0.4, 0.5) is 11.4 Å². The smallest absolute Gasteiger partial charge is 0.273 e. The Hall–Kier alpha value is -3.02. The van der Waals surface area contributed by atoms with Crippen LogP contribution in [0.25, 0.3) is 0 Å². The highest BCUT2D eigenvalue weighted by atomic mass is 32.2. The number of non-ortho nitro benzene ring substituents is 1. The van der Waals surface area contributed by atoms with Crippen molar-refractivity contribution in [2.24, 2.45) is 0 Å². The van der Waals surface area contributed by atoms with Crippen molar-refractivity contribution in [3.63, 3.8) is 0 Å². The minimum atomic E-state index is -3.72. The van der Waals surface area contributed by atoms with Gasteiger partial charge in [-0.25, -0.2) is 8.42 Å². The molecule has 166 valence electrons. The summed E-state index contributed by atoms with van der Waals surface area (Å²) in [7, 11) is -2.38. The van der Waals surface area contributed by atoms with Gasteiger partial charge in [-0.1, -0.05) is 0 Å². The van der Waals surface area contributed by atoms with Gasteiger partial charge in [-0.15, -0.1) is 0 Å². The number of rotatable bonds is 6. The summed E-state index contributed by atoms with van der Waals surface area (Å²) in [5.74, 6) is -0.373. The lowest BCUT2D eigenvalue weighted by Gasteiger charge is -2.34. The summed E-state index contributed by atoms with van der Waals surface area (Å²) >= 11 is 0. The van der Waals surface area contributed by atoms with E-state index in [0.29, 0.717) is 0 Å². The first-order valence-electron chi connectivity index (χ1n) is 9.51. The van der Waals surface area contributed by atoms with Gasteiger partial charge in [0, 0.05) is 24.7 Å². The third kappa shape index (κ3) is 5.01. The molecule has 1 N–H and O–H groups in total. The number of morpholine rings is 1. The molecule has 0 spiro atoms. The van der Waals surface area contributed by atoms with Gasteiger partial charge in [0.2, 0.25) is 10.0 Å². The van der Waals surface area contributed by atoms with E-state index < -0.39 is 20.9 Å². The molecule has 1 aliphatic rings. The highest BCUT2D eigenvalue weighted by molar-refractivity contribution is 7.89. The van der Waals surface area contributed by atoms with E-state index in [2.05, 4.69) is 5.32 Å². The predicted octanol–water partition coefficient (Wildman–Crippen LogP) is 2.65. The van der Waals surface area contributed by atoms with Gasteiger partial charge in [0.15, 0.2) is 0 Å². The van der Waals surface area contributed by atoms with Gasteiger partial charge in [0.1, 0.15) is 5.75 Å². The van der Waals surface area contributed by atoms with Gasteiger partial charge in [-0.05, 0) is 44.2 Å². The maximum Gasteiger partial charge on any atom is 0.273 e. The van der Waals surface area contributed by atoms with Gasteiger partial charge < -0.3 is 14.8 Å². The van der Waals surface area contributed by atoms with Crippen molar-refractivity contribution >= 4 is 27.3 Å². The number of hydrogen-bond donors (Lipinski definition) is 1. The predicted molar refractivity (Wildman–Crippen MR) is 113 cm³/mol. The third-order valence-electron chi connectivity index (χ3n) is 4.78. The minimum Gasteiger partial charge on any atom is -0.494 e. The molecule has 11 heteroatoms. The van der Waals surface area contributed by atoms with Crippen LogP contribution in [0.3, 0.4) is 0 Å². The molecule has 1 amide bonds. The van der Waals surface area contributed by atoms with Crippen LogP contribution in [-0.4, -0.2) is 56.0 Å². The number of amides is 1. The molecule has 1 heterocycles. The molecule has 3 rings (SSSR count). The highest BCUT2D eigenvalue weighted by Gasteiger charge is 2.32. The van der Waals surface area contributed by atoms with Gasteiger partial charge in [-0.2, -0.15) is 4.31 Å². The molecular weight excluding hydrogens is 426 g/mol. The zero-order valence-corrected chi connectivity index (χ0v) is 18.1. The maximum absolute atomic E-state index is 12.9. The van der Waals surface area contributed by atoms with E-state index in [0.717, 1.165) is 0 Å². The second kappa shape index (κ2) is 9.00. The second-order valence-electron chi connectivity index (χ2n) is 7.20. The Morgan fingerprint density at radius 1 is 1.16 bits per heavy atom. The zero-order valence-electron chi connectivity index (χ0n) is 17.3. The Bertz CT molecular complexity index is 1080. The normalized spacial score (nSPS) is 19.6. The number of sulfonamides is 1. The van der Waals surface area contributed by atoms with E-state index in [1.165, 1.54) is 53.9 Å². The Morgan fingerprint density at radius 3 is 2.32 bits per heavy atom. The maximum atomic E-state index is 12.9. The van der Waals surface area contributed by atoms with E-state index >= 15 is 0 Å². The Labute approximate surface area is 180 Å². The molecule has 2 aromatic rings. The van der Waals surface area contributed by atoms with Crippen LogP contribution in [-0.2, 0) is 14.8 Å². The Kier molecular flexibility index (Phi) is 6.58. The van der Waals surface area contributed by atoms with Crippen molar-refractivity contribution in [3.05, 3.63) is 58.1 Å². The lowest BCUT2D eigenvalue weighted by atomic mass is 10.2. The van der Waals surface area contributed by atoms with Crippen molar-refractivity contribution in [2.75, 3.05) is 25.5 Å². The van der Waals surface area contributed by atoms with E-state index in [1.807, 2.05) is 13.8 Å². The van der Waals surface area contributed by atoms with Crippen LogP contribution in [0.1, 0.15) is 24.2 Å². The highest BCUT2D eigenvalue weighted by Crippen LogP contribution is 2.29. The SMILES string of the molecule is COc1cc([N+](=O)[O-])ccc1NC(=O)c1ccc(S(=O)(=O)N2C[C@@H](C)O[C@H](C)C2)cc1. The second-order valence-corrected chi connectivity index (χ2v) is 9.14. The monoisotopic (exact) mass is 449 g/mol. The topological polar surface area (TPSA) is 128 Å². The molecule has 1 aliphatic heterocycles. The molecular formula is C20H23N3O7S. The molecule has 0 aromatic heterocycles. The van der Waals surface area contributed by atoms with Crippen LogP contribution in [0, 0.1) is 10.1 Å². The first-order valence-corrected chi connectivity index (χ1v) is 10.9. The molecule has 10 nitrogen and oxygen atoms in total. The molecule has 0 aliphatic carbocycles. The molecule has 2 aromatic carbocycles. The average molecular weight is 449 g/mol. The quantitative estimate of drug-likeness (QED) is 0.530. The lowest BCUT2D eigenvalue weighted by Crippen LogP contribution is -2.48. The van der Waals surface area contributed by atoms with Crippen LogP contribution < -0.4 is 10.1 Å². The summed E-state index contributed by atoms with van der Waals surface area (Å²) in [6.45, 7) is 4.15. The molecule has 0 saturated carbocycles. The third-order valence-corrected chi connectivity index (χ3v) is 6.63. The van der Waals surface area contributed by atoms with E-state index in [4.69, 9.17) is 9.47 Å². The fourth-order valence-corrected chi connectivity index (χ4v) is 4.94. The molecule has 1 saturated heterocycles. The minimum absolute atomic E-state index is 0.0817. The zero-order chi connectivity index (χ0) is 22.8. The van der Waals surface area contributed by atoms with Gasteiger partial charge >= 0.3 is 0 Å². The van der Waals surface area contributed by atoms with Crippen LogP contribution in [0.5, 0.6) is 5.75 Å². The van der Waals surface area contributed by atoms with E-state index in [1.54, 1.807) is 0 Å². The summed E-state index contributed by atoms with van der Waals surface area (Å²) in [6, 6.07) is 9.40. The number of carbonyl (C=O) groups excluding carboxylic acids is 1. The average Bonchev–Trinajstić information content (AvgIpc) is 2.73. The number of nitro benzene ring substituents is 1. The fraction of sp³-hybridized carbons (Fsp3) is 0.350. The summed E-state index contributed by atoms with van der Waals surface area (Å²) in [5, 5.41) is 13.5. The van der Waals surface area contributed by atoms with Gasteiger partial charge in [0.25, 0.3) is 11.6 Å². The number of methoxy groups -OCH3 is 1. The van der Waals surface area contributed by atoms with Gasteiger partial charge in [0.05, 0.1) is 40.9 Å². The number of ether oxygens (including phenoxy) is 2. The Balaban J connectivity index is 1.77. The van der Waals surface area contributed by atoms with Crippen LogP contribution in [0.15, 0.2) is 47.4 Å². The molecule has 0 unspecified atom stereocenters. The summed E-state index contributed by atoms with van der Waals surface area (Å²) in [5.41, 5.74) is 0.310. The van der Waals surface area contributed by atoms with Crippen molar-refractivity contribution in [1.82, 2.24) is 4.31 Å². The number of benzene rings is 2. The Morgan fingerprint density at radius 2 is 1.77 bits per heavy atom. The summed E-state index contributed by atoms with van der Waals surface area (Å²) in [6.07, 6.45) is -0.416. The van der Waals surface area contributed by atoms with Crippen molar-refractivity contribution in [2.45, 2.75) is 31.0 Å². The summed E-state index contributed by atoms with van der Waals surface area (Å²) in [4.78, 5) is 23.0. The molecule has 31 heavy (non-hydrogen) atoms. The van der Waals surface area contributed by atoms with Crippen LogP contribution in [0.2, 0.25) is 0 Å². The number of nitrogens with one attached hydrogen (secondary N) is 1. The number of carbonyl (C=O) groups is 1. The van der Waals surface area contributed by atoms with Crippen molar-refractivity contribution in [3.8, 4) is 5.75 Å². The number of anilines is 1.